The van der Waals surface area contributed by atoms with Crippen LogP contribution in [0.3, 0.4) is 0 Å². The van der Waals surface area contributed by atoms with Crippen molar-refractivity contribution in [1.29, 1.82) is 0 Å². The second-order valence-electron chi connectivity index (χ2n) is 7.54. The van der Waals surface area contributed by atoms with Gasteiger partial charge in [0.15, 0.2) is 6.61 Å². The van der Waals surface area contributed by atoms with E-state index in [-0.39, 0.29) is 24.5 Å². The topological polar surface area (TPSA) is 58.6 Å². The number of nitrogens with one attached hydrogen (secondary N) is 1. The highest BCUT2D eigenvalue weighted by Crippen LogP contribution is 2.17. The van der Waals surface area contributed by atoms with E-state index in [0.29, 0.717) is 12.3 Å². The van der Waals surface area contributed by atoms with Crippen molar-refractivity contribution in [2.45, 2.75) is 59.7 Å². The number of benzene rings is 2. The van der Waals surface area contributed by atoms with Crippen molar-refractivity contribution < 1.29 is 14.3 Å². The van der Waals surface area contributed by atoms with Crippen molar-refractivity contribution in [3.05, 3.63) is 65.2 Å². The third kappa shape index (κ3) is 6.63. The van der Waals surface area contributed by atoms with Gasteiger partial charge in [-0.1, -0.05) is 43.3 Å². The first kappa shape index (κ1) is 22.5. The SMILES string of the molecule is CCC(C)NC(=O)C(C)N(Cc1ccccc1)C(=O)COc1ccc(C)c(C)c1. The van der Waals surface area contributed by atoms with Gasteiger partial charge in [0.25, 0.3) is 5.91 Å². The number of carbonyl (C=O) groups is 2. The third-order valence-electron chi connectivity index (χ3n) is 5.20. The van der Waals surface area contributed by atoms with E-state index >= 15 is 0 Å². The zero-order chi connectivity index (χ0) is 21.4. The number of hydrogen-bond donors (Lipinski definition) is 1. The zero-order valence-corrected chi connectivity index (χ0v) is 18.1. The Balaban J connectivity index is 2.12. The fraction of sp³-hybridized carbons (Fsp3) is 0.417. The molecule has 0 aromatic heterocycles. The molecule has 29 heavy (non-hydrogen) atoms. The normalized spacial score (nSPS) is 12.7. The Kier molecular flexibility index (Phi) is 8.25. The molecule has 0 heterocycles. The Morgan fingerprint density at radius 3 is 2.34 bits per heavy atom. The Morgan fingerprint density at radius 2 is 1.72 bits per heavy atom. The van der Waals surface area contributed by atoms with Gasteiger partial charge >= 0.3 is 0 Å². The molecule has 5 heteroatoms. The van der Waals surface area contributed by atoms with Crippen molar-refractivity contribution in [3.8, 4) is 5.75 Å². The first-order chi connectivity index (χ1) is 13.8. The maximum atomic E-state index is 13.0. The maximum Gasteiger partial charge on any atom is 0.261 e. The molecule has 1 N–H and O–H groups in total. The molecule has 0 aliphatic heterocycles. The molecule has 0 fully saturated rings. The lowest BCUT2D eigenvalue weighted by Gasteiger charge is -2.29. The molecule has 0 radical (unpaired) electrons. The lowest BCUT2D eigenvalue weighted by molar-refractivity contribution is -0.142. The molecule has 2 aromatic rings. The average molecular weight is 397 g/mol. The largest absolute Gasteiger partial charge is 0.484 e. The summed E-state index contributed by atoms with van der Waals surface area (Å²) in [6.07, 6.45) is 0.834. The van der Waals surface area contributed by atoms with E-state index in [1.54, 1.807) is 11.8 Å². The molecule has 0 saturated carbocycles. The minimum Gasteiger partial charge on any atom is -0.484 e. The van der Waals surface area contributed by atoms with Crippen molar-refractivity contribution >= 4 is 11.8 Å². The quantitative estimate of drug-likeness (QED) is 0.697. The van der Waals surface area contributed by atoms with Crippen LogP contribution in [0.15, 0.2) is 48.5 Å². The van der Waals surface area contributed by atoms with Crippen LogP contribution < -0.4 is 10.1 Å². The summed E-state index contributed by atoms with van der Waals surface area (Å²) in [4.78, 5) is 27.2. The van der Waals surface area contributed by atoms with Crippen molar-refractivity contribution in [1.82, 2.24) is 10.2 Å². The van der Waals surface area contributed by atoms with Crippen LogP contribution in [-0.4, -0.2) is 35.4 Å². The van der Waals surface area contributed by atoms with Gasteiger partial charge in [-0.3, -0.25) is 9.59 Å². The first-order valence-corrected chi connectivity index (χ1v) is 10.2. The summed E-state index contributed by atoms with van der Waals surface area (Å²) in [5.41, 5.74) is 3.25. The monoisotopic (exact) mass is 396 g/mol. The molecule has 2 rings (SSSR count). The molecule has 0 spiro atoms. The minimum atomic E-state index is -0.597. The highest BCUT2D eigenvalue weighted by Gasteiger charge is 2.27. The van der Waals surface area contributed by atoms with E-state index in [4.69, 9.17) is 4.74 Å². The van der Waals surface area contributed by atoms with Crippen LogP contribution in [0, 0.1) is 13.8 Å². The third-order valence-corrected chi connectivity index (χ3v) is 5.20. The summed E-state index contributed by atoms with van der Waals surface area (Å²) in [5, 5.41) is 2.96. The predicted molar refractivity (Wildman–Crippen MR) is 116 cm³/mol. The smallest absolute Gasteiger partial charge is 0.261 e. The lowest BCUT2D eigenvalue weighted by Crippen LogP contribution is -2.50. The van der Waals surface area contributed by atoms with Gasteiger partial charge < -0.3 is 15.0 Å². The van der Waals surface area contributed by atoms with Gasteiger partial charge in [-0.2, -0.15) is 0 Å². The van der Waals surface area contributed by atoms with Gasteiger partial charge in [0.05, 0.1) is 0 Å². The highest BCUT2D eigenvalue weighted by atomic mass is 16.5. The Hall–Kier alpha value is -2.82. The van der Waals surface area contributed by atoms with Gasteiger partial charge in [-0.25, -0.2) is 0 Å². The second-order valence-corrected chi connectivity index (χ2v) is 7.54. The van der Waals surface area contributed by atoms with Crippen LogP contribution >= 0.6 is 0 Å². The Bertz CT molecular complexity index is 820. The Morgan fingerprint density at radius 1 is 1.03 bits per heavy atom. The molecular formula is C24H32N2O3. The fourth-order valence-electron chi connectivity index (χ4n) is 2.86. The van der Waals surface area contributed by atoms with Crippen LogP contribution in [0.4, 0.5) is 0 Å². The molecule has 156 valence electrons. The molecule has 0 bridgehead atoms. The predicted octanol–water partition coefficient (Wildman–Crippen LogP) is 4.01. The summed E-state index contributed by atoms with van der Waals surface area (Å²) in [6.45, 7) is 10.0. The molecule has 2 aromatic carbocycles. The average Bonchev–Trinajstić information content (AvgIpc) is 2.72. The number of nitrogens with zero attached hydrogens (tertiary/aromatic N) is 1. The summed E-state index contributed by atoms with van der Waals surface area (Å²) in [5.74, 6) is 0.270. The number of amides is 2. The highest BCUT2D eigenvalue weighted by molar-refractivity contribution is 5.88. The summed E-state index contributed by atoms with van der Waals surface area (Å²) in [7, 11) is 0. The van der Waals surface area contributed by atoms with Crippen LogP contribution in [0.2, 0.25) is 0 Å². The van der Waals surface area contributed by atoms with Crippen LogP contribution in [-0.2, 0) is 16.1 Å². The standard InChI is InChI=1S/C24H32N2O3/c1-6-19(4)25-24(28)20(5)26(15-21-10-8-7-9-11-21)23(27)16-29-22-13-12-17(2)18(3)14-22/h7-14,19-20H,6,15-16H2,1-5H3,(H,25,28). The van der Waals surface area contributed by atoms with Crippen LogP contribution in [0.25, 0.3) is 0 Å². The molecule has 0 saturated heterocycles. The van der Waals surface area contributed by atoms with Crippen LogP contribution in [0.5, 0.6) is 5.75 Å². The molecular weight excluding hydrogens is 364 g/mol. The van der Waals surface area contributed by atoms with Crippen molar-refractivity contribution in [2.24, 2.45) is 0 Å². The van der Waals surface area contributed by atoms with E-state index < -0.39 is 6.04 Å². The molecule has 0 aliphatic rings. The molecule has 2 amide bonds. The van der Waals surface area contributed by atoms with Crippen molar-refractivity contribution in [2.75, 3.05) is 6.61 Å². The summed E-state index contributed by atoms with van der Waals surface area (Å²) < 4.78 is 5.73. The molecule has 5 nitrogen and oxygen atoms in total. The minimum absolute atomic E-state index is 0.0606. The number of rotatable bonds is 9. The van der Waals surface area contributed by atoms with E-state index in [2.05, 4.69) is 5.32 Å². The fourth-order valence-corrected chi connectivity index (χ4v) is 2.86. The van der Waals surface area contributed by atoms with Gasteiger partial charge in [-0.05, 0) is 62.9 Å². The van der Waals surface area contributed by atoms with Gasteiger partial charge in [0, 0.05) is 12.6 Å². The lowest BCUT2D eigenvalue weighted by atomic mass is 10.1. The summed E-state index contributed by atoms with van der Waals surface area (Å²) in [6, 6.07) is 14.9. The number of aryl methyl sites for hydroxylation is 2. The maximum absolute atomic E-state index is 13.0. The van der Waals surface area contributed by atoms with Crippen LogP contribution in [0.1, 0.15) is 43.9 Å². The van der Waals surface area contributed by atoms with Gasteiger partial charge in [0.1, 0.15) is 11.8 Å². The van der Waals surface area contributed by atoms with E-state index in [0.717, 1.165) is 17.5 Å². The van der Waals surface area contributed by atoms with Crippen molar-refractivity contribution in [3.63, 3.8) is 0 Å². The molecule has 0 aliphatic carbocycles. The van der Waals surface area contributed by atoms with Gasteiger partial charge in [0.2, 0.25) is 5.91 Å². The number of carbonyl (C=O) groups excluding carboxylic acids is 2. The first-order valence-electron chi connectivity index (χ1n) is 10.2. The zero-order valence-electron chi connectivity index (χ0n) is 18.1. The summed E-state index contributed by atoms with van der Waals surface area (Å²) >= 11 is 0. The van der Waals surface area contributed by atoms with E-state index in [9.17, 15) is 9.59 Å². The number of hydrogen-bond acceptors (Lipinski definition) is 3. The molecule has 2 atom stereocenters. The Labute approximate surface area is 174 Å². The number of ether oxygens (including phenoxy) is 1. The second kappa shape index (κ2) is 10.6. The van der Waals surface area contributed by atoms with E-state index in [1.165, 1.54) is 5.56 Å². The van der Waals surface area contributed by atoms with Gasteiger partial charge in [-0.15, -0.1) is 0 Å². The van der Waals surface area contributed by atoms with E-state index in [1.807, 2.05) is 76.2 Å². The molecule has 2 unspecified atom stereocenters.